The van der Waals surface area contributed by atoms with E-state index in [1.807, 2.05) is 30.1 Å². The Morgan fingerprint density at radius 3 is 2.44 bits per heavy atom. The number of ether oxygens (including phenoxy) is 1. The maximum Gasteiger partial charge on any atom is 0.272 e. The molecule has 5 heteroatoms. The van der Waals surface area contributed by atoms with Crippen LogP contribution < -0.4 is 4.74 Å². The summed E-state index contributed by atoms with van der Waals surface area (Å²) in [6.07, 6.45) is 4.70. The van der Waals surface area contributed by atoms with E-state index in [1.54, 1.807) is 19.4 Å². The number of carbonyl (C=O) groups excluding carboxylic acids is 1. The number of amides is 1. The van der Waals surface area contributed by atoms with Crippen LogP contribution in [0.25, 0.3) is 0 Å². The minimum Gasteiger partial charge on any atom is -0.496 e. The number of benzene rings is 2. The van der Waals surface area contributed by atoms with E-state index >= 15 is 0 Å². The third kappa shape index (κ3) is 5.84. The Kier molecular flexibility index (Phi) is 7.96. The highest BCUT2D eigenvalue weighted by Gasteiger charge is 2.32. The fraction of sp³-hybridized carbons (Fsp3) is 0.379. The highest BCUT2D eigenvalue weighted by atomic mass is 16.5. The second kappa shape index (κ2) is 11.3. The van der Waals surface area contributed by atoms with Gasteiger partial charge in [0.15, 0.2) is 0 Å². The van der Waals surface area contributed by atoms with E-state index in [4.69, 9.17) is 4.74 Å². The Hall–Kier alpha value is -3.18. The van der Waals surface area contributed by atoms with Crippen LogP contribution in [0.1, 0.15) is 40.0 Å². The predicted molar refractivity (Wildman–Crippen MR) is 136 cm³/mol. The van der Waals surface area contributed by atoms with Crippen LogP contribution in [-0.2, 0) is 13.0 Å². The zero-order valence-corrected chi connectivity index (χ0v) is 20.5. The number of aryl methyl sites for hydroxylation is 1. The van der Waals surface area contributed by atoms with Gasteiger partial charge in [-0.05, 0) is 80.1 Å². The lowest BCUT2D eigenvalue weighted by molar-refractivity contribution is 0.0579. The smallest absolute Gasteiger partial charge is 0.272 e. The average molecular weight is 458 g/mol. The summed E-state index contributed by atoms with van der Waals surface area (Å²) in [6.45, 7) is 5.11. The molecule has 3 aromatic rings. The monoisotopic (exact) mass is 457 g/mol. The highest BCUT2D eigenvalue weighted by Crippen LogP contribution is 2.28. The number of piperidine rings is 1. The minimum absolute atomic E-state index is 0.00216. The van der Waals surface area contributed by atoms with Crippen molar-refractivity contribution >= 4 is 5.91 Å². The molecule has 0 N–H and O–H groups in total. The lowest BCUT2D eigenvalue weighted by atomic mass is 9.84. The van der Waals surface area contributed by atoms with Crippen molar-refractivity contribution in [3.63, 3.8) is 0 Å². The lowest BCUT2D eigenvalue weighted by Crippen LogP contribution is -2.47. The molecule has 2 aromatic carbocycles. The van der Waals surface area contributed by atoms with Crippen molar-refractivity contribution in [2.24, 2.45) is 5.92 Å². The van der Waals surface area contributed by atoms with Gasteiger partial charge >= 0.3 is 0 Å². The first kappa shape index (κ1) is 24.0. The summed E-state index contributed by atoms with van der Waals surface area (Å²) in [7, 11) is 3.66. The standard InChI is InChI=1S/C29H35N3O2/c1-22-19-24(12-13-28(22)34-3)21-32-17-14-25(15-18-32)27(20-23-9-5-4-6-10-23)31(2)29(33)26-11-7-8-16-30-26/h4-13,16,19,25,27H,14-15,17-18,20-21H2,1-3H3/t27-/m1/s1. The second-order valence-electron chi connectivity index (χ2n) is 9.31. The molecule has 1 aliphatic heterocycles. The number of likely N-dealkylation sites (tertiary alicyclic amines) is 1. The summed E-state index contributed by atoms with van der Waals surface area (Å²) in [5.74, 6) is 1.39. The zero-order valence-electron chi connectivity index (χ0n) is 20.5. The van der Waals surface area contributed by atoms with Crippen molar-refractivity contribution in [1.29, 1.82) is 0 Å². The average Bonchev–Trinajstić information content (AvgIpc) is 2.88. The normalized spacial score (nSPS) is 15.6. The van der Waals surface area contributed by atoms with Gasteiger partial charge in [0.1, 0.15) is 11.4 Å². The molecule has 2 heterocycles. The molecule has 4 rings (SSSR count). The van der Waals surface area contributed by atoms with Crippen molar-refractivity contribution < 1.29 is 9.53 Å². The number of methoxy groups -OCH3 is 1. The molecule has 1 saturated heterocycles. The van der Waals surface area contributed by atoms with Crippen molar-refractivity contribution in [3.05, 3.63) is 95.3 Å². The van der Waals surface area contributed by atoms with Gasteiger partial charge < -0.3 is 9.64 Å². The molecule has 0 spiro atoms. The number of carbonyl (C=O) groups is 1. The second-order valence-corrected chi connectivity index (χ2v) is 9.31. The molecular formula is C29H35N3O2. The number of pyridine rings is 1. The highest BCUT2D eigenvalue weighted by molar-refractivity contribution is 5.92. The molecule has 1 atom stereocenters. The maximum absolute atomic E-state index is 13.3. The van der Waals surface area contributed by atoms with E-state index in [2.05, 4.69) is 59.3 Å². The quantitative estimate of drug-likeness (QED) is 0.478. The van der Waals surface area contributed by atoms with E-state index in [9.17, 15) is 4.79 Å². The number of hydrogen-bond donors (Lipinski definition) is 0. The van der Waals surface area contributed by atoms with Crippen LogP contribution in [-0.4, -0.2) is 54.0 Å². The Morgan fingerprint density at radius 2 is 1.79 bits per heavy atom. The van der Waals surface area contributed by atoms with Crippen molar-refractivity contribution in [2.45, 2.75) is 38.8 Å². The van der Waals surface area contributed by atoms with Crippen molar-refractivity contribution in [3.8, 4) is 5.75 Å². The van der Waals surface area contributed by atoms with Gasteiger partial charge in [-0.15, -0.1) is 0 Å². The zero-order chi connectivity index (χ0) is 23.9. The minimum atomic E-state index is -0.00216. The van der Waals surface area contributed by atoms with E-state index in [0.717, 1.165) is 44.6 Å². The Labute approximate surface area is 203 Å². The predicted octanol–water partition coefficient (Wildman–Crippen LogP) is 4.99. The molecule has 1 fully saturated rings. The molecule has 0 aliphatic carbocycles. The Balaban J connectivity index is 1.44. The van der Waals surface area contributed by atoms with Crippen LogP contribution in [0.3, 0.4) is 0 Å². The summed E-state index contributed by atoms with van der Waals surface area (Å²) in [6, 6.07) is 22.6. The van der Waals surface area contributed by atoms with E-state index in [0.29, 0.717) is 11.6 Å². The molecule has 1 amide bonds. The number of rotatable bonds is 8. The summed E-state index contributed by atoms with van der Waals surface area (Å²) >= 11 is 0. The molecule has 0 bridgehead atoms. The van der Waals surface area contributed by atoms with Crippen LogP contribution in [0, 0.1) is 12.8 Å². The first-order chi connectivity index (χ1) is 16.5. The third-order valence-corrected chi connectivity index (χ3v) is 7.03. The van der Waals surface area contributed by atoms with Crippen LogP contribution in [0.2, 0.25) is 0 Å². The van der Waals surface area contributed by atoms with Crippen LogP contribution >= 0.6 is 0 Å². The van der Waals surface area contributed by atoms with Crippen molar-refractivity contribution in [1.82, 2.24) is 14.8 Å². The van der Waals surface area contributed by atoms with Gasteiger partial charge in [-0.3, -0.25) is 14.7 Å². The molecule has 1 aliphatic rings. The van der Waals surface area contributed by atoms with Gasteiger partial charge in [0.05, 0.1) is 7.11 Å². The molecule has 0 radical (unpaired) electrons. The molecule has 5 nitrogen and oxygen atoms in total. The SMILES string of the molecule is COc1ccc(CN2CCC([C@@H](Cc3ccccc3)N(C)C(=O)c3ccccn3)CC2)cc1C. The van der Waals surface area contributed by atoms with Crippen LogP contribution in [0.5, 0.6) is 5.75 Å². The van der Waals surface area contributed by atoms with E-state index < -0.39 is 0 Å². The topological polar surface area (TPSA) is 45.7 Å². The summed E-state index contributed by atoms with van der Waals surface area (Å²) in [4.78, 5) is 22.0. The first-order valence-corrected chi connectivity index (χ1v) is 12.1. The van der Waals surface area contributed by atoms with Gasteiger partial charge in [-0.2, -0.15) is 0 Å². The summed E-state index contributed by atoms with van der Waals surface area (Å²) < 4.78 is 5.40. The maximum atomic E-state index is 13.3. The van der Waals surface area contributed by atoms with Gasteiger partial charge in [0.2, 0.25) is 0 Å². The summed E-state index contributed by atoms with van der Waals surface area (Å²) in [5.41, 5.74) is 4.27. The molecular weight excluding hydrogens is 422 g/mol. The fourth-order valence-electron chi connectivity index (χ4n) is 5.09. The van der Waals surface area contributed by atoms with E-state index in [-0.39, 0.29) is 11.9 Å². The largest absolute Gasteiger partial charge is 0.496 e. The lowest BCUT2D eigenvalue weighted by Gasteiger charge is -2.40. The molecule has 0 saturated carbocycles. The molecule has 0 unspecified atom stereocenters. The van der Waals surface area contributed by atoms with Gasteiger partial charge in [-0.1, -0.05) is 48.5 Å². The van der Waals surface area contributed by atoms with E-state index in [1.165, 1.54) is 16.7 Å². The molecule has 178 valence electrons. The Bertz CT molecular complexity index is 1060. The fourth-order valence-corrected chi connectivity index (χ4v) is 5.09. The van der Waals surface area contributed by atoms with Crippen molar-refractivity contribution in [2.75, 3.05) is 27.2 Å². The van der Waals surface area contributed by atoms with Crippen LogP contribution in [0.15, 0.2) is 72.9 Å². The first-order valence-electron chi connectivity index (χ1n) is 12.1. The number of hydrogen-bond acceptors (Lipinski definition) is 4. The summed E-state index contributed by atoms with van der Waals surface area (Å²) in [5, 5.41) is 0. The number of likely N-dealkylation sites (N-methyl/N-ethyl adjacent to an activating group) is 1. The van der Waals surface area contributed by atoms with Gasteiger partial charge in [0, 0.05) is 25.8 Å². The van der Waals surface area contributed by atoms with Gasteiger partial charge in [0.25, 0.3) is 5.91 Å². The Morgan fingerprint density at radius 1 is 1.06 bits per heavy atom. The third-order valence-electron chi connectivity index (χ3n) is 7.03. The number of nitrogens with zero attached hydrogens (tertiary/aromatic N) is 3. The van der Waals surface area contributed by atoms with Gasteiger partial charge in [-0.25, -0.2) is 0 Å². The number of aromatic nitrogens is 1. The molecule has 1 aromatic heterocycles. The van der Waals surface area contributed by atoms with Crippen LogP contribution in [0.4, 0.5) is 0 Å². The molecule has 34 heavy (non-hydrogen) atoms.